The van der Waals surface area contributed by atoms with Crippen LogP contribution in [0.1, 0.15) is 117 Å². The van der Waals surface area contributed by atoms with Crippen molar-refractivity contribution in [1.29, 1.82) is 0 Å². The maximum atomic E-state index is 14.5. The summed E-state index contributed by atoms with van der Waals surface area (Å²) in [6.45, 7) is 4.30. The molecule has 24 N–H and O–H groups in total. The molecule has 2 rings (SSSR count). The molecular weight excluding hydrogens is 1100 g/mol. The summed E-state index contributed by atoms with van der Waals surface area (Å²) < 4.78 is 0. The smallest absolute Gasteiger partial charge is 0.245 e. The highest BCUT2D eigenvalue weighted by molar-refractivity contribution is 5.99. The monoisotopic (exact) mass is 1190 g/mol. The Kier molecular flexibility index (Phi) is 34.5. The van der Waals surface area contributed by atoms with E-state index in [1.165, 1.54) is 20.8 Å². The van der Waals surface area contributed by atoms with Gasteiger partial charge in [0.1, 0.15) is 60.4 Å². The molecular formula is C54H94N16O14. The number of aliphatic hydroxyl groups is 3. The zero-order chi connectivity index (χ0) is 62.9. The molecule has 1 heterocycles. The lowest BCUT2D eigenvalue weighted by molar-refractivity contribution is -0.137. The molecule has 84 heavy (non-hydrogen) atoms. The van der Waals surface area contributed by atoms with E-state index in [0.29, 0.717) is 12.0 Å². The summed E-state index contributed by atoms with van der Waals surface area (Å²) in [5.74, 6) is -10.5. The minimum absolute atomic E-state index is 0.0221. The van der Waals surface area contributed by atoms with Crippen molar-refractivity contribution in [3.63, 3.8) is 0 Å². The van der Waals surface area contributed by atoms with Gasteiger partial charge in [0.05, 0.1) is 18.3 Å². The molecule has 1 aromatic rings. The number of nitrogens with two attached hydrogens (primary N) is 5. The second-order valence-electron chi connectivity index (χ2n) is 20.8. The van der Waals surface area contributed by atoms with Crippen molar-refractivity contribution in [2.24, 2.45) is 28.7 Å². The Balaban J connectivity index is 2.65. The number of carbonyl (C=O) groups is 11. The zero-order valence-electron chi connectivity index (χ0n) is 48.8. The first kappa shape index (κ1) is 73.2. The Labute approximate surface area is 490 Å². The fourth-order valence-corrected chi connectivity index (χ4v) is 8.88. The van der Waals surface area contributed by atoms with Crippen LogP contribution in [0.5, 0.6) is 0 Å². The topological polar surface area (TPSA) is 511 Å². The fourth-order valence-electron chi connectivity index (χ4n) is 8.88. The van der Waals surface area contributed by atoms with Crippen LogP contribution in [0.4, 0.5) is 0 Å². The molecule has 0 aromatic heterocycles. The van der Waals surface area contributed by atoms with Crippen LogP contribution in [-0.4, -0.2) is 198 Å². The zero-order valence-corrected chi connectivity index (χ0v) is 48.8. The number of hydrogen-bond donors (Lipinski definition) is 19. The van der Waals surface area contributed by atoms with Crippen molar-refractivity contribution < 1.29 is 68.1 Å². The largest absolute Gasteiger partial charge is 0.391 e. The number of carbonyl (C=O) groups excluding carboxylic acids is 11. The lowest BCUT2D eigenvalue weighted by Gasteiger charge is -2.29. The number of amides is 11. The number of hydrogen-bond acceptors (Lipinski definition) is 19. The molecule has 0 saturated carbocycles. The summed E-state index contributed by atoms with van der Waals surface area (Å²) in [6.07, 6.45) is -0.827. The highest BCUT2D eigenvalue weighted by atomic mass is 16.3. The summed E-state index contributed by atoms with van der Waals surface area (Å²) in [5, 5.41) is 59.6. The van der Waals surface area contributed by atoms with Crippen molar-refractivity contribution >= 4 is 65.0 Å². The van der Waals surface area contributed by atoms with Gasteiger partial charge in [0.25, 0.3) is 0 Å². The lowest BCUT2D eigenvalue weighted by atomic mass is 10.0. The summed E-state index contributed by atoms with van der Waals surface area (Å²) >= 11 is 0. The van der Waals surface area contributed by atoms with Gasteiger partial charge in [-0.3, -0.25) is 52.7 Å². The van der Waals surface area contributed by atoms with Crippen molar-refractivity contribution in [3.05, 3.63) is 35.9 Å². The van der Waals surface area contributed by atoms with Crippen LogP contribution in [0.25, 0.3) is 0 Å². The number of benzene rings is 1. The van der Waals surface area contributed by atoms with Gasteiger partial charge in [-0.2, -0.15) is 0 Å². The summed E-state index contributed by atoms with van der Waals surface area (Å²) in [7, 11) is 0. The maximum Gasteiger partial charge on any atom is 0.245 e. The predicted molar refractivity (Wildman–Crippen MR) is 308 cm³/mol. The number of rotatable bonds is 29. The molecule has 0 spiro atoms. The fraction of sp³-hybridized carbons (Fsp3) is 0.685. The first-order valence-electron chi connectivity index (χ1n) is 28.9. The highest BCUT2D eigenvalue weighted by Gasteiger charge is 2.38. The molecule has 30 heteroatoms. The molecule has 13 atom stereocenters. The van der Waals surface area contributed by atoms with E-state index in [1.54, 1.807) is 30.3 Å². The average Bonchev–Trinajstić information content (AvgIpc) is 3.45. The SMILES string of the molecule is CCCCCCCCC(=O)N[C@@H](CCN)C(=O)N[C@H](C(=O)N[C@@H](CCN)C(=O)N[C@H]1CCNC(=O)[C@H]([C@@H](C)O)NC(=O)[C@H](CCN)NC(=O)[C@H](CCN)NC(=O)[C@H]([C@@H](C)O)NC(=O)C(Cc2ccccc2)NC(=O)[C@H](CCN)NC1=O)[C@@H](C)O. The molecule has 1 aromatic carbocycles. The van der Waals surface area contributed by atoms with E-state index < -0.39 is 157 Å². The van der Waals surface area contributed by atoms with Crippen LogP contribution < -0.4 is 87.2 Å². The van der Waals surface area contributed by atoms with Gasteiger partial charge >= 0.3 is 0 Å². The maximum absolute atomic E-state index is 14.5. The average molecular weight is 1190 g/mol. The normalized spacial score (nSPS) is 23.0. The number of nitrogens with one attached hydrogen (secondary N) is 11. The molecule has 0 aliphatic carbocycles. The Morgan fingerprint density at radius 1 is 0.536 bits per heavy atom. The van der Waals surface area contributed by atoms with E-state index in [0.717, 1.165) is 32.1 Å². The minimum Gasteiger partial charge on any atom is -0.391 e. The third kappa shape index (κ3) is 25.9. The molecule has 11 amide bonds. The van der Waals surface area contributed by atoms with E-state index in [-0.39, 0.29) is 77.7 Å². The third-order valence-corrected chi connectivity index (χ3v) is 13.7. The van der Waals surface area contributed by atoms with Gasteiger partial charge in [0, 0.05) is 19.4 Å². The summed E-state index contributed by atoms with van der Waals surface area (Å²) in [4.78, 5) is 153. The van der Waals surface area contributed by atoms with Crippen LogP contribution in [0, 0.1) is 0 Å². The van der Waals surface area contributed by atoms with Crippen LogP contribution in [0.3, 0.4) is 0 Å². The molecule has 0 radical (unpaired) electrons. The first-order chi connectivity index (χ1) is 40.0. The van der Waals surface area contributed by atoms with Gasteiger partial charge in [-0.25, -0.2) is 0 Å². The molecule has 1 aliphatic heterocycles. The molecule has 1 fully saturated rings. The van der Waals surface area contributed by atoms with Crippen LogP contribution in [-0.2, 0) is 59.2 Å². The lowest BCUT2D eigenvalue weighted by Crippen LogP contribution is -2.62. The second kappa shape index (κ2) is 39.6. The van der Waals surface area contributed by atoms with Crippen LogP contribution in [0.15, 0.2) is 30.3 Å². The third-order valence-electron chi connectivity index (χ3n) is 13.7. The van der Waals surface area contributed by atoms with Crippen LogP contribution >= 0.6 is 0 Å². The van der Waals surface area contributed by atoms with Crippen molar-refractivity contribution in [2.45, 2.75) is 196 Å². The van der Waals surface area contributed by atoms with Gasteiger partial charge in [-0.05, 0) is 104 Å². The summed E-state index contributed by atoms with van der Waals surface area (Å²) in [5.41, 5.74) is 29.7. The molecule has 1 unspecified atom stereocenters. The number of unbranched alkanes of at least 4 members (excludes halogenated alkanes) is 5. The van der Waals surface area contributed by atoms with E-state index in [1.807, 2.05) is 0 Å². The quantitative estimate of drug-likeness (QED) is 0.0332. The van der Waals surface area contributed by atoms with Crippen molar-refractivity contribution in [3.8, 4) is 0 Å². The molecule has 0 bridgehead atoms. The Hall–Kier alpha value is -6.93. The van der Waals surface area contributed by atoms with Crippen LogP contribution in [0.2, 0.25) is 0 Å². The van der Waals surface area contributed by atoms with Crippen molar-refractivity contribution in [2.75, 3.05) is 39.3 Å². The van der Waals surface area contributed by atoms with E-state index >= 15 is 0 Å². The minimum atomic E-state index is -1.77. The van der Waals surface area contributed by atoms with Gasteiger partial charge in [0.2, 0.25) is 65.0 Å². The van der Waals surface area contributed by atoms with E-state index in [4.69, 9.17) is 28.7 Å². The predicted octanol–water partition coefficient (Wildman–Crippen LogP) is -6.77. The standard InChI is InChI=1S/C54H94N16O14/c1-5-6-7-8-9-13-16-41(74)61-34(17-23-55)49(79)69-43(31(3)72)53(83)66-37(20-26-58)46(76)64-39-22-28-60-52(82)42(30(2)71)68-50(80)38(21-27-59)63-45(75)36(19-25-57)65-54(84)44(32(4)73)70-51(81)40(29-33-14-11-10-12-15-33)67-47(77)35(18-24-56)62-48(39)78/h10-12,14-15,30-32,34-40,42-44,71-73H,5-9,13,16-29,55-59H2,1-4H3,(H,60,82)(H,61,74)(H,62,78)(H,63,75)(H,64,76)(H,65,84)(H,66,83)(H,67,77)(H,68,80)(H,69,79)(H,70,81)/t30-,31-,32-,34+,35+,36+,37+,38+,39+,40?,42+,43+,44+/m1/s1. The summed E-state index contributed by atoms with van der Waals surface area (Å²) in [6, 6.07) is -7.34. The van der Waals surface area contributed by atoms with Crippen molar-refractivity contribution in [1.82, 2.24) is 58.5 Å². The molecule has 1 aliphatic rings. The molecule has 474 valence electrons. The highest BCUT2D eigenvalue weighted by Crippen LogP contribution is 2.11. The van der Waals surface area contributed by atoms with Gasteiger partial charge < -0.3 is 102 Å². The number of aliphatic hydroxyl groups excluding tert-OH is 3. The Morgan fingerprint density at radius 2 is 1.00 bits per heavy atom. The molecule has 30 nitrogen and oxygen atoms in total. The second-order valence-corrected chi connectivity index (χ2v) is 20.8. The Morgan fingerprint density at radius 3 is 1.51 bits per heavy atom. The molecule has 1 saturated heterocycles. The van der Waals surface area contributed by atoms with Gasteiger partial charge in [0.15, 0.2) is 0 Å². The van der Waals surface area contributed by atoms with E-state index in [2.05, 4.69) is 65.4 Å². The van der Waals surface area contributed by atoms with E-state index in [9.17, 15) is 68.1 Å². The van der Waals surface area contributed by atoms with Gasteiger partial charge in [-0.1, -0.05) is 69.4 Å². The first-order valence-corrected chi connectivity index (χ1v) is 28.9. The van der Waals surface area contributed by atoms with Gasteiger partial charge in [-0.15, -0.1) is 0 Å². The Bertz CT molecular complexity index is 2280.